The first-order valence-corrected chi connectivity index (χ1v) is 11.4. The minimum absolute atomic E-state index is 0.0826. The Labute approximate surface area is 196 Å². The number of hydrogen-bond acceptors (Lipinski definition) is 3. The van der Waals surface area contributed by atoms with E-state index in [2.05, 4.69) is 51.2 Å². The van der Waals surface area contributed by atoms with E-state index in [1.807, 2.05) is 42.5 Å². The molecule has 0 aliphatic carbocycles. The van der Waals surface area contributed by atoms with Gasteiger partial charge in [0, 0.05) is 16.8 Å². The fourth-order valence-electron chi connectivity index (χ4n) is 4.36. The number of methoxy groups -OCH3 is 2. The zero-order valence-electron chi connectivity index (χ0n) is 20.2. The van der Waals surface area contributed by atoms with Gasteiger partial charge in [0.05, 0.1) is 14.2 Å². The molecule has 1 N–H and O–H groups in total. The first kappa shape index (κ1) is 22.7. The zero-order valence-corrected chi connectivity index (χ0v) is 20.2. The third-order valence-corrected chi connectivity index (χ3v) is 6.13. The Morgan fingerprint density at radius 3 is 2.09 bits per heavy atom. The van der Waals surface area contributed by atoms with Crippen LogP contribution in [0, 0.1) is 0 Å². The van der Waals surface area contributed by atoms with E-state index in [1.54, 1.807) is 14.2 Å². The lowest BCUT2D eigenvalue weighted by molar-refractivity contribution is -0.110. The average molecular weight is 442 g/mol. The minimum atomic E-state index is -0.0826. The number of ether oxygens (including phenoxy) is 2. The molecule has 1 aliphatic heterocycles. The van der Waals surface area contributed by atoms with Gasteiger partial charge in [-0.3, -0.25) is 4.79 Å². The van der Waals surface area contributed by atoms with Crippen LogP contribution < -0.4 is 14.8 Å². The molecule has 0 radical (unpaired) electrons. The van der Waals surface area contributed by atoms with E-state index >= 15 is 0 Å². The summed E-state index contributed by atoms with van der Waals surface area (Å²) in [6.45, 7) is 8.65. The minimum Gasteiger partial charge on any atom is -0.497 e. The quantitative estimate of drug-likeness (QED) is 0.415. The average Bonchev–Trinajstić information content (AvgIpc) is 3.12. The molecule has 1 amide bonds. The molecule has 0 unspecified atom stereocenters. The van der Waals surface area contributed by atoms with Crippen LogP contribution in [0.5, 0.6) is 11.5 Å². The van der Waals surface area contributed by atoms with Crippen molar-refractivity contribution in [3.63, 3.8) is 0 Å². The maximum Gasteiger partial charge on any atom is 0.256 e. The van der Waals surface area contributed by atoms with Crippen LogP contribution in [0.25, 0.3) is 22.8 Å². The summed E-state index contributed by atoms with van der Waals surface area (Å²) in [6, 6.07) is 18.3. The highest BCUT2D eigenvalue weighted by Crippen LogP contribution is 2.39. The third kappa shape index (κ3) is 4.38. The monoisotopic (exact) mass is 441 g/mol. The fraction of sp³-hybridized carbons (Fsp3) is 0.276. The van der Waals surface area contributed by atoms with Crippen LogP contribution >= 0.6 is 0 Å². The number of carbonyl (C=O) groups is 1. The lowest BCUT2D eigenvalue weighted by atomic mass is 9.90. The molecule has 0 saturated heterocycles. The van der Waals surface area contributed by atoms with Gasteiger partial charge in [-0.2, -0.15) is 0 Å². The first-order chi connectivity index (χ1) is 15.8. The van der Waals surface area contributed by atoms with E-state index < -0.39 is 0 Å². The van der Waals surface area contributed by atoms with Crippen molar-refractivity contribution in [1.29, 1.82) is 0 Å². The molecule has 3 aromatic carbocycles. The van der Waals surface area contributed by atoms with E-state index in [0.29, 0.717) is 17.4 Å². The summed E-state index contributed by atoms with van der Waals surface area (Å²) < 4.78 is 11.1. The van der Waals surface area contributed by atoms with Crippen molar-refractivity contribution >= 4 is 23.2 Å². The van der Waals surface area contributed by atoms with Crippen molar-refractivity contribution in [3.05, 3.63) is 76.9 Å². The van der Waals surface area contributed by atoms with Gasteiger partial charge in [0.1, 0.15) is 11.5 Å². The molecule has 3 aromatic rings. The molecule has 0 saturated carbocycles. The van der Waals surface area contributed by atoms with Crippen molar-refractivity contribution in [2.45, 2.75) is 39.5 Å². The van der Waals surface area contributed by atoms with Gasteiger partial charge >= 0.3 is 0 Å². The molecule has 170 valence electrons. The highest BCUT2D eigenvalue weighted by molar-refractivity contribution is 6.35. The second-order valence-corrected chi connectivity index (χ2v) is 9.05. The predicted octanol–water partition coefficient (Wildman–Crippen LogP) is 7.11. The topological polar surface area (TPSA) is 47.6 Å². The van der Waals surface area contributed by atoms with Gasteiger partial charge in [0.25, 0.3) is 5.91 Å². The van der Waals surface area contributed by atoms with E-state index in [1.165, 1.54) is 0 Å². The Morgan fingerprint density at radius 2 is 1.48 bits per heavy atom. The largest absolute Gasteiger partial charge is 0.497 e. The Morgan fingerprint density at radius 1 is 0.818 bits per heavy atom. The second kappa shape index (κ2) is 9.14. The summed E-state index contributed by atoms with van der Waals surface area (Å²) in [5.41, 5.74) is 7.82. The van der Waals surface area contributed by atoms with Gasteiger partial charge in [0.2, 0.25) is 0 Å². The molecular weight excluding hydrogens is 410 g/mol. The zero-order chi connectivity index (χ0) is 23.7. The maximum absolute atomic E-state index is 12.9. The maximum atomic E-state index is 12.9. The van der Waals surface area contributed by atoms with Crippen molar-refractivity contribution in [3.8, 4) is 22.6 Å². The van der Waals surface area contributed by atoms with E-state index in [4.69, 9.17) is 9.47 Å². The molecule has 1 aliphatic rings. The van der Waals surface area contributed by atoms with Gasteiger partial charge in [-0.1, -0.05) is 52.0 Å². The molecule has 0 bridgehead atoms. The number of carbonyl (C=O) groups excluding carboxylic acids is 1. The van der Waals surface area contributed by atoms with E-state index in [0.717, 1.165) is 50.6 Å². The predicted molar refractivity (Wildman–Crippen MR) is 136 cm³/mol. The first-order valence-electron chi connectivity index (χ1n) is 11.4. The van der Waals surface area contributed by atoms with Gasteiger partial charge in [0.15, 0.2) is 0 Å². The van der Waals surface area contributed by atoms with Crippen LogP contribution in [-0.2, 0) is 4.79 Å². The molecule has 0 atom stereocenters. The van der Waals surface area contributed by atoms with E-state index in [-0.39, 0.29) is 5.91 Å². The molecule has 1 heterocycles. The number of benzene rings is 3. The van der Waals surface area contributed by atoms with Crippen molar-refractivity contribution in [1.82, 2.24) is 0 Å². The molecule has 0 spiro atoms. The van der Waals surface area contributed by atoms with Gasteiger partial charge in [-0.15, -0.1) is 0 Å². The smallest absolute Gasteiger partial charge is 0.256 e. The number of nitrogens with one attached hydrogen (secondary N) is 1. The Balaban J connectivity index is 1.78. The summed E-state index contributed by atoms with van der Waals surface area (Å²) in [5, 5.41) is 3.04. The molecule has 0 fully saturated rings. The van der Waals surface area contributed by atoms with Gasteiger partial charge < -0.3 is 14.8 Å². The molecular formula is C29H31NO3. The Kier molecular flexibility index (Phi) is 6.28. The normalized spacial score (nSPS) is 14.1. The summed E-state index contributed by atoms with van der Waals surface area (Å²) in [4.78, 5) is 12.9. The van der Waals surface area contributed by atoms with Crippen LogP contribution in [0.2, 0.25) is 0 Å². The molecule has 4 rings (SSSR count). The summed E-state index contributed by atoms with van der Waals surface area (Å²) in [5.74, 6) is 2.29. The Bertz CT molecular complexity index is 1210. The number of fused-ring (bicyclic) bond motifs is 1. The third-order valence-electron chi connectivity index (χ3n) is 6.13. The van der Waals surface area contributed by atoms with E-state index in [9.17, 15) is 4.79 Å². The number of rotatable bonds is 6. The Hall–Kier alpha value is -3.53. The second-order valence-electron chi connectivity index (χ2n) is 9.05. The number of amides is 1. The van der Waals surface area contributed by atoms with Crippen molar-refractivity contribution < 1.29 is 14.3 Å². The molecule has 4 heteroatoms. The molecule has 4 nitrogen and oxygen atoms in total. The lowest BCUT2D eigenvalue weighted by Gasteiger charge is -2.19. The molecule has 33 heavy (non-hydrogen) atoms. The lowest BCUT2D eigenvalue weighted by Crippen LogP contribution is -2.04. The summed E-state index contributed by atoms with van der Waals surface area (Å²) in [6.07, 6.45) is 1.99. The summed E-state index contributed by atoms with van der Waals surface area (Å²) in [7, 11) is 3.39. The van der Waals surface area contributed by atoms with Crippen LogP contribution in [0.1, 0.15) is 61.8 Å². The van der Waals surface area contributed by atoms with Crippen LogP contribution in [0.4, 0.5) is 5.69 Å². The van der Waals surface area contributed by atoms with Crippen molar-refractivity contribution in [2.75, 3.05) is 19.5 Å². The van der Waals surface area contributed by atoms with Crippen LogP contribution in [-0.4, -0.2) is 20.1 Å². The SMILES string of the molecule is COc1cccc(-c2ccc3c(c2)NC(=O)/C3=C/c2cc(C(C)C)c(OC)c(C(C)C)c2)c1. The van der Waals surface area contributed by atoms with Gasteiger partial charge in [-0.25, -0.2) is 0 Å². The van der Waals surface area contributed by atoms with Crippen molar-refractivity contribution in [2.24, 2.45) is 0 Å². The highest BCUT2D eigenvalue weighted by atomic mass is 16.5. The van der Waals surface area contributed by atoms with Crippen LogP contribution in [0.3, 0.4) is 0 Å². The molecule has 0 aromatic heterocycles. The highest BCUT2D eigenvalue weighted by Gasteiger charge is 2.25. The fourth-order valence-corrected chi connectivity index (χ4v) is 4.36. The summed E-state index contributed by atoms with van der Waals surface area (Å²) >= 11 is 0. The van der Waals surface area contributed by atoms with Crippen LogP contribution in [0.15, 0.2) is 54.6 Å². The standard InChI is InChI=1S/C29H31NO3/c1-17(2)24-12-19(13-25(18(3)4)28(24)33-6)14-26-23-11-10-21(16-27(23)30-29(26)31)20-8-7-9-22(15-20)32-5/h7-18H,1-6H3,(H,30,31)/b26-14+. The number of anilines is 1. The number of hydrogen-bond donors (Lipinski definition) is 1. The van der Waals surface area contributed by atoms with Gasteiger partial charge in [-0.05, 0) is 76.1 Å².